The smallest absolute Gasteiger partial charge is 0.258 e. The molecule has 0 spiro atoms. The van der Waals surface area contributed by atoms with Crippen LogP contribution in [0.5, 0.6) is 0 Å². The average Bonchev–Trinajstić information content (AvgIpc) is 2.51. The van der Waals surface area contributed by atoms with Crippen molar-refractivity contribution in [2.45, 2.75) is 34.6 Å². The van der Waals surface area contributed by atoms with Gasteiger partial charge in [-0.25, -0.2) is 4.39 Å². The summed E-state index contributed by atoms with van der Waals surface area (Å²) in [6.45, 7) is 9.08. The maximum Gasteiger partial charge on any atom is 0.258 e. The van der Waals surface area contributed by atoms with Crippen LogP contribution in [-0.2, 0) is 4.79 Å². The number of aryl methyl sites for hydroxylation is 2. The van der Waals surface area contributed by atoms with Crippen molar-refractivity contribution < 1.29 is 14.0 Å². The molecular weight excluding hydrogens is 319 g/mol. The van der Waals surface area contributed by atoms with Gasteiger partial charge in [0.25, 0.3) is 5.91 Å². The minimum absolute atomic E-state index is 0.0106. The van der Waals surface area contributed by atoms with Crippen LogP contribution in [0.25, 0.3) is 0 Å². The lowest BCUT2D eigenvalue weighted by atomic mass is 9.95. The normalized spacial score (nSPS) is 11.1. The van der Waals surface area contributed by atoms with Gasteiger partial charge in [-0.3, -0.25) is 9.59 Å². The van der Waals surface area contributed by atoms with Gasteiger partial charge in [0.2, 0.25) is 5.91 Å². The second-order valence-corrected chi connectivity index (χ2v) is 7.17. The highest BCUT2D eigenvalue weighted by molar-refractivity contribution is 6.05. The number of rotatable bonds is 3. The van der Waals surface area contributed by atoms with Crippen molar-refractivity contribution in [3.63, 3.8) is 0 Å². The van der Waals surface area contributed by atoms with Crippen molar-refractivity contribution in [2.24, 2.45) is 5.41 Å². The van der Waals surface area contributed by atoms with Crippen LogP contribution in [0.15, 0.2) is 36.4 Å². The van der Waals surface area contributed by atoms with E-state index in [1.807, 2.05) is 27.7 Å². The SMILES string of the molecule is Cc1ccc(F)c(C(=O)Nc2cc(NC(=O)C(C)(C)C)ccc2C)c1. The lowest BCUT2D eigenvalue weighted by molar-refractivity contribution is -0.123. The van der Waals surface area contributed by atoms with Crippen LogP contribution in [-0.4, -0.2) is 11.8 Å². The van der Waals surface area contributed by atoms with E-state index in [1.165, 1.54) is 12.1 Å². The molecule has 0 aromatic heterocycles. The van der Waals surface area contributed by atoms with Crippen molar-refractivity contribution in [3.05, 3.63) is 58.9 Å². The lowest BCUT2D eigenvalue weighted by Gasteiger charge is -2.18. The fourth-order valence-corrected chi connectivity index (χ4v) is 2.16. The van der Waals surface area contributed by atoms with E-state index in [0.717, 1.165) is 11.1 Å². The molecule has 5 heteroatoms. The van der Waals surface area contributed by atoms with Crippen LogP contribution in [0.1, 0.15) is 42.3 Å². The Morgan fingerprint density at radius 2 is 1.64 bits per heavy atom. The molecule has 0 aliphatic rings. The molecular formula is C20H23FN2O2. The topological polar surface area (TPSA) is 58.2 Å². The first-order chi connectivity index (χ1) is 11.6. The molecule has 0 aliphatic heterocycles. The Labute approximate surface area is 147 Å². The van der Waals surface area contributed by atoms with Gasteiger partial charge in [0.1, 0.15) is 5.82 Å². The predicted molar refractivity (Wildman–Crippen MR) is 98.4 cm³/mol. The van der Waals surface area contributed by atoms with E-state index in [2.05, 4.69) is 10.6 Å². The van der Waals surface area contributed by atoms with Gasteiger partial charge >= 0.3 is 0 Å². The summed E-state index contributed by atoms with van der Waals surface area (Å²) in [4.78, 5) is 24.5. The maximum atomic E-state index is 13.9. The molecule has 0 unspecified atom stereocenters. The van der Waals surface area contributed by atoms with Gasteiger partial charge in [-0.15, -0.1) is 0 Å². The highest BCUT2D eigenvalue weighted by atomic mass is 19.1. The fourth-order valence-electron chi connectivity index (χ4n) is 2.16. The van der Waals surface area contributed by atoms with E-state index in [0.29, 0.717) is 11.4 Å². The van der Waals surface area contributed by atoms with Crippen molar-refractivity contribution >= 4 is 23.2 Å². The molecule has 2 rings (SSSR count). The minimum atomic E-state index is -0.571. The molecule has 4 nitrogen and oxygen atoms in total. The summed E-state index contributed by atoms with van der Waals surface area (Å²) in [7, 11) is 0. The molecule has 0 atom stereocenters. The van der Waals surface area contributed by atoms with E-state index < -0.39 is 17.1 Å². The fraction of sp³-hybridized carbons (Fsp3) is 0.300. The molecule has 2 aromatic rings. The number of hydrogen-bond donors (Lipinski definition) is 2. The quantitative estimate of drug-likeness (QED) is 0.851. The van der Waals surface area contributed by atoms with Crippen LogP contribution in [0.2, 0.25) is 0 Å². The zero-order chi connectivity index (χ0) is 18.8. The zero-order valence-electron chi connectivity index (χ0n) is 15.2. The predicted octanol–water partition coefficient (Wildman–Crippen LogP) is 4.68. The van der Waals surface area contributed by atoms with E-state index in [1.54, 1.807) is 31.2 Å². The first-order valence-electron chi connectivity index (χ1n) is 8.07. The number of carbonyl (C=O) groups is 2. The van der Waals surface area contributed by atoms with Crippen LogP contribution >= 0.6 is 0 Å². The van der Waals surface area contributed by atoms with Gasteiger partial charge in [0.15, 0.2) is 0 Å². The third-order valence-electron chi connectivity index (χ3n) is 3.79. The summed E-state index contributed by atoms with van der Waals surface area (Å²) >= 11 is 0. The first-order valence-corrected chi connectivity index (χ1v) is 8.07. The first kappa shape index (κ1) is 18.6. The highest BCUT2D eigenvalue weighted by Gasteiger charge is 2.21. The summed E-state index contributed by atoms with van der Waals surface area (Å²) in [5.41, 5.74) is 2.18. The van der Waals surface area contributed by atoms with E-state index in [9.17, 15) is 14.0 Å². The second-order valence-electron chi connectivity index (χ2n) is 7.17. The van der Waals surface area contributed by atoms with Crippen molar-refractivity contribution in [1.82, 2.24) is 0 Å². The number of nitrogens with one attached hydrogen (secondary N) is 2. The summed E-state index contributed by atoms with van der Waals surface area (Å²) in [6.07, 6.45) is 0. The molecule has 25 heavy (non-hydrogen) atoms. The van der Waals surface area contributed by atoms with Gasteiger partial charge in [-0.05, 0) is 43.7 Å². The molecule has 0 fully saturated rings. The molecule has 0 aliphatic carbocycles. The molecule has 0 radical (unpaired) electrons. The monoisotopic (exact) mass is 342 g/mol. The number of anilines is 2. The molecule has 132 valence electrons. The standard InChI is InChI=1S/C20H23FN2O2/c1-12-6-9-16(21)15(10-12)18(24)23-17-11-14(8-7-13(17)2)22-19(25)20(3,4)5/h6-11H,1-5H3,(H,22,25)(H,23,24). The number of hydrogen-bond acceptors (Lipinski definition) is 2. The Hall–Kier alpha value is -2.69. The van der Waals surface area contributed by atoms with E-state index >= 15 is 0 Å². The van der Waals surface area contributed by atoms with Gasteiger partial charge in [-0.1, -0.05) is 38.5 Å². The number of benzene rings is 2. The largest absolute Gasteiger partial charge is 0.326 e. The van der Waals surface area contributed by atoms with Crippen LogP contribution in [0, 0.1) is 25.1 Å². The van der Waals surface area contributed by atoms with Crippen molar-refractivity contribution in [2.75, 3.05) is 10.6 Å². The molecule has 2 aromatic carbocycles. The molecule has 0 saturated heterocycles. The third-order valence-corrected chi connectivity index (χ3v) is 3.79. The van der Waals surface area contributed by atoms with Gasteiger partial charge in [0.05, 0.1) is 5.56 Å². The Morgan fingerprint density at radius 3 is 2.28 bits per heavy atom. The Kier molecular flexibility index (Phi) is 5.26. The van der Waals surface area contributed by atoms with Crippen LogP contribution in [0.3, 0.4) is 0 Å². The molecule has 2 N–H and O–H groups in total. The summed E-state index contributed by atoms with van der Waals surface area (Å²) in [5, 5.41) is 5.54. The highest BCUT2D eigenvalue weighted by Crippen LogP contribution is 2.24. The summed E-state index contributed by atoms with van der Waals surface area (Å²) in [6, 6.07) is 9.62. The summed E-state index contributed by atoms with van der Waals surface area (Å²) < 4.78 is 13.9. The van der Waals surface area contributed by atoms with Crippen LogP contribution in [0.4, 0.5) is 15.8 Å². The van der Waals surface area contributed by atoms with Crippen molar-refractivity contribution in [1.29, 1.82) is 0 Å². The zero-order valence-corrected chi connectivity index (χ0v) is 15.2. The Balaban J connectivity index is 2.24. The average molecular weight is 342 g/mol. The van der Waals surface area contributed by atoms with E-state index in [-0.39, 0.29) is 11.5 Å². The molecule has 2 amide bonds. The number of carbonyl (C=O) groups excluding carboxylic acids is 2. The third kappa shape index (κ3) is 4.66. The van der Waals surface area contributed by atoms with Crippen LogP contribution < -0.4 is 10.6 Å². The minimum Gasteiger partial charge on any atom is -0.326 e. The number of halogens is 1. The van der Waals surface area contributed by atoms with Crippen molar-refractivity contribution in [3.8, 4) is 0 Å². The van der Waals surface area contributed by atoms with E-state index in [4.69, 9.17) is 0 Å². The lowest BCUT2D eigenvalue weighted by Crippen LogP contribution is -2.27. The van der Waals surface area contributed by atoms with Gasteiger partial charge < -0.3 is 10.6 Å². The molecule has 0 bridgehead atoms. The van der Waals surface area contributed by atoms with Gasteiger partial charge in [-0.2, -0.15) is 0 Å². The Bertz CT molecular complexity index is 823. The van der Waals surface area contributed by atoms with Gasteiger partial charge in [0, 0.05) is 16.8 Å². The molecule has 0 heterocycles. The number of amides is 2. The molecule has 0 saturated carbocycles. The summed E-state index contributed by atoms with van der Waals surface area (Å²) in [5.74, 6) is -1.22. The second kappa shape index (κ2) is 7.05. The maximum absolute atomic E-state index is 13.9. The Morgan fingerprint density at radius 1 is 0.960 bits per heavy atom.